The third kappa shape index (κ3) is 4.01. The summed E-state index contributed by atoms with van der Waals surface area (Å²) in [4.78, 5) is 0. The number of hydrogen-bond donors (Lipinski definition) is 0. The largest absolute Gasteiger partial charge is 0.496 e. The predicted octanol–water partition coefficient (Wildman–Crippen LogP) is 5.47. The first kappa shape index (κ1) is 15.9. The molecule has 0 fully saturated rings. The second-order valence-electron chi connectivity index (χ2n) is 5.44. The van der Waals surface area contributed by atoms with E-state index in [1.165, 1.54) is 11.1 Å². The second kappa shape index (κ2) is 6.99. The summed E-state index contributed by atoms with van der Waals surface area (Å²) in [6.07, 6.45) is 0. The van der Waals surface area contributed by atoms with E-state index in [1.807, 2.05) is 18.2 Å². The third-order valence-electron chi connectivity index (χ3n) is 3.42. The van der Waals surface area contributed by atoms with Crippen molar-refractivity contribution in [2.24, 2.45) is 0 Å². The Kier molecular flexibility index (Phi) is 5.29. The van der Waals surface area contributed by atoms with E-state index in [-0.39, 0.29) is 0 Å². The monoisotopic (exact) mass is 348 g/mol. The van der Waals surface area contributed by atoms with Crippen LogP contribution in [0.2, 0.25) is 0 Å². The van der Waals surface area contributed by atoms with Crippen LogP contribution in [0.1, 0.15) is 36.5 Å². The molecule has 0 aliphatic carbocycles. The van der Waals surface area contributed by atoms with Gasteiger partial charge < -0.3 is 9.47 Å². The molecule has 0 amide bonds. The molecule has 0 N–H and O–H groups in total. The lowest BCUT2D eigenvalue weighted by Gasteiger charge is -2.16. The molecule has 0 atom stereocenters. The van der Waals surface area contributed by atoms with E-state index in [0.29, 0.717) is 12.5 Å². The zero-order valence-corrected chi connectivity index (χ0v) is 14.5. The fraction of sp³-hybridized carbons (Fsp3) is 0.333. The zero-order chi connectivity index (χ0) is 15.4. The quantitative estimate of drug-likeness (QED) is 0.713. The van der Waals surface area contributed by atoms with E-state index in [0.717, 1.165) is 21.5 Å². The molecule has 21 heavy (non-hydrogen) atoms. The topological polar surface area (TPSA) is 18.5 Å². The molecule has 0 aliphatic rings. The SMILES string of the molecule is COc1ccc(Br)cc1COc1cc(C)ccc1C(C)C. The van der Waals surface area contributed by atoms with Crippen molar-refractivity contribution in [3.8, 4) is 11.5 Å². The molecular formula is C18H21BrO2. The van der Waals surface area contributed by atoms with Crippen molar-refractivity contribution >= 4 is 15.9 Å². The fourth-order valence-electron chi connectivity index (χ4n) is 2.26. The Morgan fingerprint density at radius 2 is 1.81 bits per heavy atom. The number of rotatable bonds is 5. The van der Waals surface area contributed by atoms with E-state index in [2.05, 4.69) is 54.9 Å². The Balaban J connectivity index is 2.24. The lowest BCUT2D eigenvalue weighted by Crippen LogP contribution is -2.02. The van der Waals surface area contributed by atoms with Crippen LogP contribution in [-0.4, -0.2) is 7.11 Å². The summed E-state index contributed by atoms with van der Waals surface area (Å²) in [5.74, 6) is 2.23. The van der Waals surface area contributed by atoms with Gasteiger partial charge in [0.05, 0.1) is 7.11 Å². The summed E-state index contributed by atoms with van der Waals surface area (Å²) in [5, 5.41) is 0. The van der Waals surface area contributed by atoms with Gasteiger partial charge in [-0.05, 0) is 48.2 Å². The van der Waals surface area contributed by atoms with E-state index in [9.17, 15) is 0 Å². The molecule has 0 radical (unpaired) electrons. The maximum absolute atomic E-state index is 6.06. The number of benzene rings is 2. The summed E-state index contributed by atoms with van der Waals surface area (Å²) in [7, 11) is 1.68. The zero-order valence-electron chi connectivity index (χ0n) is 12.9. The molecule has 0 aromatic heterocycles. The maximum Gasteiger partial charge on any atom is 0.125 e. The predicted molar refractivity (Wildman–Crippen MR) is 90.3 cm³/mol. The molecule has 0 spiro atoms. The Bertz CT molecular complexity index is 621. The van der Waals surface area contributed by atoms with E-state index >= 15 is 0 Å². The normalized spacial score (nSPS) is 10.8. The number of ether oxygens (including phenoxy) is 2. The summed E-state index contributed by atoms with van der Waals surface area (Å²) < 4.78 is 12.5. The highest BCUT2D eigenvalue weighted by molar-refractivity contribution is 9.10. The van der Waals surface area contributed by atoms with Crippen molar-refractivity contribution in [1.29, 1.82) is 0 Å². The van der Waals surface area contributed by atoms with Crippen molar-refractivity contribution in [2.45, 2.75) is 33.3 Å². The minimum atomic E-state index is 0.435. The first-order chi connectivity index (χ1) is 10.0. The number of methoxy groups -OCH3 is 1. The van der Waals surface area contributed by atoms with Crippen molar-refractivity contribution in [3.05, 3.63) is 57.6 Å². The van der Waals surface area contributed by atoms with Gasteiger partial charge in [-0.1, -0.05) is 41.9 Å². The highest BCUT2D eigenvalue weighted by Crippen LogP contribution is 2.30. The van der Waals surface area contributed by atoms with Crippen LogP contribution in [-0.2, 0) is 6.61 Å². The Morgan fingerprint density at radius 3 is 2.48 bits per heavy atom. The van der Waals surface area contributed by atoms with Gasteiger partial charge in [0.2, 0.25) is 0 Å². The van der Waals surface area contributed by atoms with Gasteiger partial charge in [0.15, 0.2) is 0 Å². The van der Waals surface area contributed by atoms with Gasteiger partial charge in [0, 0.05) is 10.0 Å². The minimum absolute atomic E-state index is 0.435. The molecular weight excluding hydrogens is 328 g/mol. The molecule has 0 saturated carbocycles. The average molecular weight is 349 g/mol. The van der Waals surface area contributed by atoms with E-state index in [4.69, 9.17) is 9.47 Å². The van der Waals surface area contributed by atoms with Gasteiger partial charge in [0.1, 0.15) is 18.1 Å². The molecule has 0 aliphatic heterocycles. The molecule has 0 heterocycles. The Labute approximate surface area is 135 Å². The van der Waals surface area contributed by atoms with Crippen LogP contribution in [0.3, 0.4) is 0 Å². The third-order valence-corrected chi connectivity index (χ3v) is 3.91. The van der Waals surface area contributed by atoms with Crippen molar-refractivity contribution in [1.82, 2.24) is 0 Å². The Hall–Kier alpha value is -1.48. The molecule has 0 saturated heterocycles. The van der Waals surface area contributed by atoms with E-state index in [1.54, 1.807) is 7.11 Å². The fourth-order valence-corrected chi connectivity index (χ4v) is 2.67. The molecule has 0 unspecified atom stereocenters. The smallest absolute Gasteiger partial charge is 0.125 e. The van der Waals surface area contributed by atoms with Crippen molar-refractivity contribution in [3.63, 3.8) is 0 Å². The van der Waals surface area contributed by atoms with Crippen molar-refractivity contribution < 1.29 is 9.47 Å². The molecule has 2 aromatic rings. The molecule has 0 bridgehead atoms. The summed E-state index contributed by atoms with van der Waals surface area (Å²) in [6, 6.07) is 12.3. The van der Waals surface area contributed by atoms with Crippen LogP contribution in [0.15, 0.2) is 40.9 Å². The minimum Gasteiger partial charge on any atom is -0.496 e. The summed E-state index contributed by atoms with van der Waals surface area (Å²) in [5.41, 5.74) is 3.47. The second-order valence-corrected chi connectivity index (χ2v) is 6.36. The Morgan fingerprint density at radius 1 is 1.05 bits per heavy atom. The van der Waals surface area contributed by atoms with Gasteiger partial charge >= 0.3 is 0 Å². The first-order valence-corrected chi connectivity index (χ1v) is 7.86. The van der Waals surface area contributed by atoms with Crippen LogP contribution < -0.4 is 9.47 Å². The lowest BCUT2D eigenvalue weighted by molar-refractivity contribution is 0.292. The summed E-state index contributed by atoms with van der Waals surface area (Å²) >= 11 is 3.49. The molecule has 3 heteroatoms. The van der Waals surface area contributed by atoms with Gasteiger partial charge in [0.25, 0.3) is 0 Å². The summed E-state index contributed by atoms with van der Waals surface area (Å²) in [6.45, 7) is 6.93. The van der Waals surface area contributed by atoms with Crippen LogP contribution >= 0.6 is 15.9 Å². The van der Waals surface area contributed by atoms with Gasteiger partial charge in [-0.25, -0.2) is 0 Å². The van der Waals surface area contributed by atoms with Crippen LogP contribution in [0.25, 0.3) is 0 Å². The highest BCUT2D eigenvalue weighted by Gasteiger charge is 2.10. The van der Waals surface area contributed by atoms with Crippen LogP contribution in [0.4, 0.5) is 0 Å². The standard InChI is InChI=1S/C18H21BrO2/c1-12(2)16-7-5-13(3)9-18(16)21-11-14-10-15(19)6-8-17(14)20-4/h5-10,12H,11H2,1-4H3. The van der Waals surface area contributed by atoms with Crippen LogP contribution in [0, 0.1) is 6.92 Å². The molecule has 112 valence electrons. The lowest BCUT2D eigenvalue weighted by atomic mass is 10.0. The number of hydrogen-bond acceptors (Lipinski definition) is 2. The number of aryl methyl sites for hydroxylation is 1. The number of halogens is 1. The van der Waals surface area contributed by atoms with Crippen molar-refractivity contribution in [2.75, 3.05) is 7.11 Å². The van der Waals surface area contributed by atoms with Crippen LogP contribution in [0.5, 0.6) is 11.5 Å². The molecule has 2 aromatic carbocycles. The van der Waals surface area contributed by atoms with Gasteiger partial charge in [-0.2, -0.15) is 0 Å². The molecule has 2 nitrogen and oxygen atoms in total. The van der Waals surface area contributed by atoms with Gasteiger partial charge in [-0.3, -0.25) is 0 Å². The maximum atomic E-state index is 6.06. The highest BCUT2D eigenvalue weighted by atomic mass is 79.9. The van der Waals surface area contributed by atoms with Gasteiger partial charge in [-0.15, -0.1) is 0 Å². The van der Waals surface area contributed by atoms with E-state index < -0.39 is 0 Å². The average Bonchev–Trinajstić information content (AvgIpc) is 2.45. The molecule has 2 rings (SSSR count). The first-order valence-electron chi connectivity index (χ1n) is 7.07.